The topological polar surface area (TPSA) is 70.4 Å². The van der Waals surface area contributed by atoms with E-state index in [2.05, 4.69) is 42.5 Å². The number of aromatic nitrogens is 1. The molecule has 220 valence electrons. The largest absolute Gasteiger partial charge is 0.481 e. The third kappa shape index (κ3) is 8.59. The van der Waals surface area contributed by atoms with E-state index in [1.165, 1.54) is 5.56 Å². The number of rotatable bonds is 12. The van der Waals surface area contributed by atoms with Crippen molar-refractivity contribution in [2.24, 2.45) is 5.41 Å². The molecular weight excluding hydrogens is 677 g/mol. The molecule has 42 heavy (non-hydrogen) atoms. The molecule has 1 atom stereocenters. The van der Waals surface area contributed by atoms with Gasteiger partial charge >= 0.3 is 5.97 Å². The summed E-state index contributed by atoms with van der Waals surface area (Å²) in [7, 11) is 0. The second-order valence-electron chi connectivity index (χ2n) is 11.7. The molecule has 0 radical (unpaired) electrons. The molecule has 1 heterocycles. The lowest BCUT2D eigenvalue weighted by Crippen LogP contribution is -2.18. The highest BCUT2D eigenvalue weighted by atomic mass is 127. The summed E-state index contributed by atoms with van der Waals surface area (Å²) in [5, 5.41) is 22.1. The minimum Gasteiger partial charge on any atom is -0.481 e. The average molecular weight is 714 g/mol. The number of aryl methyl sites for hydroxylation is 1. The van der Waals surface area contributed by atoms with Crippen molar-refractivity contribution in [3.05, 3.63) is 112 Å². The van der Waals surface area contributed by atoms with E-state index in [1.54, 1.807) is 0 Å². The third-order valence-corrected chi connectivity index (χ3v) is 9.76. The van der Waals surface area contributed by atoms with Crippen LogP contribution in [0.25, 0.3) is 23.1 Å². The number of nitrogens with zero attached hydrogens (tertiary/aromatic N) is 1. The van der Waals surface area contributed by atoms with Gasteiger partial charge in [0.1, 0.15) is 0 Å². The summed E-state index contributed by atoms with van der Waals surface area (Å²) in [6, 6.07) is 26.5. The van der Waals surface area contributed by atoms with E-state index >= 15 is 0 Å². The van der Waals surface area contributed by atoms with Crippen LogP contribution in [0.15, 0.2) is 78.9 Å². The van der Waals surface area contributed by atoms with E-state index in [0.717, 1.165) is 64.7 Å². The van der Waals surface area contributed by atoms with Gasteiger partial charge in [-0.1, -0.05) is 78.3 Å². The zero-order chi connectivity index (χ0) is 29.0. The first kappa shape index (κ1) is 32.5. The summed E-state index contributed by atoms with van der Waals surface area (Å²) >= 11 is 8.04. The van der Waals surface area contributed by atoms with E-state index in [-0.39, 0.29) is 41.1 Å². The number of halogens is 2. The third-order valence-electron chi connectivity index (χ3n) is 7.83. The lowest BCUT2D eigenvalue weighted by molar-refractivity contribution is -0.138. The zero-order valence-corrected chi connectivity index (χ0v) is 27.8. The van der Waals surface area contributed by atoms with Crippen molar-refractivity contribution >= 4 is 76.4 Å². The highest BCUT2D eigenvalue weighted by Gasteiger charge is 2.44. The first-order valence-electron chi connectivity index (χ1n) is 14.1. The van der Waals surface area contributed by atoms with Gasteiger partial charge in [-0.2, -0.15) is 11.8 Å². The number of hydrogen-bond acceptors (Lipinski definition) is 4. The van der Waals surface area contributed by atoms with E-state index in [1.807, 2.05) is 74.1 Å². The molecule has 2 N–H and O–H groups in total. The average Bonchev–Trinajstić information content (AvgIpc) is 3.70. The van der Waals surface area contributed by atoms with Crippen molar-refractivity contribution in [1.29, 1.82) is 0 Å². The Morgan fingerprint density at radius 3 is 2.55 bits per heavy atom. The Morgan fingerprint density at radius 2 is 1.81 bits per heavy atom. The summed E-state index contributed by atoms with van der Waals surface area (Å²) in [6.07, 6.45) is 8.02. The molecule has 0 unspecified atom stereocenters. The molecule has 0 spiro atoms. The molecule has 4 nitrogen and oxygen atoms in total. The van der Waals surface area contributed by atoms with Crippen molar-refractivity contribution in [2.45, 2.75) is 56.8 Å². The van der Waals surface area contributed by atoms with Gasteiger partial charge in [-0.3, -0.25) is 4.79 Å². The van der Waals surface area contributed by atoms with Crippen LogP contribution >= 0.6 is 47.3 Å². The normalized spacial score (nSPS) is 15.0. The molecule has 1 aliphatic carbocycles. The SMILES string of the molecule is CC(C)(O)c1ccccc1CC[C@@H](SCC1(CC(=O)O)CC1)c1cccc(/C=C/c2ccc3ccc(Cl)cc3n2)c1.I. The first-order valence-corrected chi connectivity index (χ1v) is 15.5. The van der Waals surface area contributed by atoms with Crippen molar-refractivity contribution in [3.8, 4) is 0 Å². The number of pyridine rings is 1. The van der Waals surface area contributed by atoms with Gasteiger partial charge < -0.3 is 10.2 Å². The maximum atomic E-state index is 11.5. The van der Waals surface area contributed by atoms with Gasteiger partial charge in [-0.15, -0.1) is 24.0 Å². The van der Waals surface area contributed by atoms with E-state index in [0.29, 0.717) is 5.02 Å². The van der Waals surface area contributed by atoms with Gasteiger partial charge in [-0.05, 0) is 91.5 Å². The van der Waals surface area contributed by atoms with Crippen LogP contribution < -0.4 is 0 Å². The number of carboxylic acid groups (broad SMARTS) is 1. The van der Waals surface area contributed by atoms with Gasteiger partial charge in [0.15, 0.2) is 0 Å². The number of carboxylic acids is 1. The minimum absolute atomic E-state index is 0. The number of carbonyl (C=O) groups is 1. The van der Waals surface area contributed by atoms with E-state index in [9.17, 15) is 15.0 Å². The number of fused-ring (bicyclic) bond motifs is 1. The fraction of sp³-hybridized carbons (Fsp3) is 0.314. The molecule has 1 saturated carbocycles. The summed E-state index contributed by atoms with van der Waals surface area (Å²) in [6.45, 7) is 3.66. The maximum Gasteiger partial charge on any atom is 0.303 e. The Labute approximate surface area is 274 Å². The van der Waals surface area contributed by atoms with Crippen LogP contribution in [0.1, 0.15) is 72.7 Å². The molecule has 7 heteroatoms. The fourth-order valence-corrected chi connectivity index (χ4v) is 7.09. The lowest BCUT2D eigenvalue weighted by atomic mass is 9.90. The zero-order valence-electron chi connectivity index (χ0n) is 23.9. The summed E-state index contributed by atoms with van der Waals surface area (Å²) in [5.74, 6) is 0.122. The summed E-state index contributed by atoms with van der Waals surface area (Å²) in [5.41, 5.74) is 5.15. The number of aliphatic hydroxyl groups is 1. The minimum atomic E-state index is -0.911. The van der Waals surface area contributed by atoms with Crippen molar-refractivity contribution < 1.29 is 15.0 Å². The van der Waals surface area contributed by atoms with Gasteiger partial charge in [0.2, 0.25) is 0 Å². The van der Waals surface area contributed by atoms with Gasteiger partial charge in [-0.25, -0.2) is 4.98 Å². The van der Waals surface area contributed by atoms with Crippen molar-refractivity contribution in [3.63, 3.8) is 0 Å². The predicted molar refractivity (Wildman–Crippen MR) is 187 cm³/mol. The number of hydrogen-bond donors (Lipinski definition) is 2. The Bertz CT molecular complexity index is 1580. The summed E-state index contributed by atoms with van der Waals surface area (Å²) < 4.78 is 0. The number of thioether (sulfide) groups is 1. The molecule has 4 aromatic rings. The Kier molecular flexibility index (Phi) is 10.8. The van der Waals surface area contributed by atoms with Crippen molar-refractivity contribution in [1.82, 2.24) is 4.98 Å². The molecule has 0 bridgehead atoms. The molecule has 0 aliphatic heterocycles. The molecule has 1 fully saturated rings. The van der Waals surface area contributed by atoms with Crippen molar-refractivity contribution in [2.75, 3.05) is 5.75 Å². The maximum absolute atomic E-state index is 11.5. The number of benzene rings is 3. The van der Waals surface area contributed by atoms with Crippen LogP contribution in [0.4, 0.5) is 0 Å². The smallest absolute Gasteiger partial charge is 0.303 e. The van der Waals surface area contributed by atoms with Crippen LogP contribution in [0, 0.1) is 5.41 Å². The Balaban J connectivity index is 0.00000405. The quantitative estimate of drug-likeness (QED) is 0.143. The van der Waals surface area contributed by atoms with Crippen LogP contribution in [-0.2, 0) is 16.8 Å². The predicted octanol–water partition coefficient (Wildman–Crippen LogP) is 9.57. The number of aliphatic carboxylic acids is 1. The van der Waals surface area contributed by atoms with Gasteiger partial charge in [0.05, 0.1) is 23.2 Å². The second-order valence-corrected chi connectivity index (χ2v) is 13.3. The van der Waals surface area contributed by atoms with Gasteiger partial charge in [0, 0.05) is 21.4 Å². The Morgan fingerprint density at radius 1 is 1.05 bits per heavy atom. The first-order chi connectivity index (χ1) is 19.6. The summed E-state index contributed by atoms with van der Waals surface area (Å²) in [4.78, 5) is 16.2. The monoisotopic (exact) mass is 713 g/mol. The molecule has 1 aliphatic rings. The molecule has 3 aromatic carbocycles. The van der Waals surface area contributed by atoms with Crippen LogP contribution in [0.2, 0.25) is 5.02 Å². The van der Waals surface area contributed by atoms with Crippen LogP contribution in [-0.4, -0.2) is 26.9 Å². The molecule has 0 saturated heterocycles. The Hall–Kier alpha value is -2.39. The highest BCUT2D eigenvalue weighted by Crippen LogP contribution is 2.53. The van der Waals surface area contributed by atoms with Crippen LogP contribution in [0.3, 0.4) is 0 Å². The molecule has 5 rings (SSSR count). The molecular formula is C35H37ClINO3S. The van der Waals surface area contributed by atoms with Gasteiger partial charge in [0.25, 0.3) is 0 Å². The van der Waals surface area contributed by atoms with E-state index < -0.39 is 11.6 Å². The standard InChI is InChI=1S/C35H36ClNO3S.HI/c1-34(2,40)30-9-4-3-7-25(30)13-17-32(41-23-35(18-19-35)22-33(38)39)27-8-5-6-24(20-27)10-15-29-16-12-26-11-14-28(36)21-31(26)37-29;/h3-12,14-16,20-21,32,40H,13,17-19,22-23H2,1-2H3,(H,38,39);1H/b15-10+;/t32-;/m1./s1. The van der Waals surface area contributed by atoms with E-state index in [4.69, 9.17) is 16.6 Å². The molecule has 0 amide bonds. The second kappa shape index (κ2) is 13.9. The van der Waals surface area contributed by atoms with Crippen LogP contribution in [0.5, 0.6) is 0 Å². The lowest BCUT2D eigenvalue weighted by Gasteiger charge is -2.24. The fourth-order valence-electron chi connectivity index (χ4n) is 5.36. The highest BCUT2D eigenvalue weighted by molar-refractivity contribution is 14.0. The molecule has 1 aromatic heterocycles.